The molecule has 0 aromatic heterocycles. The van der Waals surface area contributed by atoms with Crippen molar-refractivity contribution in [1.29, 1.82) is 0 Å². The first-order chi connectivity index (χ1) is 7.20. The Labute approximate surface area is 91.3 Å². The van der Waals surface area contributed by atoms with Gasteiger partial charge in [0.2, 0.25) is 5.91 Å². The molecule has 15 heavy (non-hydrogen) atoms. The van der Waals surface area contributed by atoms with Gasteiger partial charge in [-0.1, -0.05) is 6.08 Å². The van der Waals surface area contributed by atoms with Crippen LogP contribution in [0.3, 0.4) is 0 Å². The zero-order valence-electron chi connectivity index (χ0n) is 9.36. The van der Waals surface area contributed by atoms with Crippen LogP contribution in [0.4, 0.5) is 0 Å². The highest BCUT2D eigenvalue weighted by Crippen LogP contribution is 2.35. The van der Waals surface area contributed by atoms with Gasteiger partial charge in [-0.15, -0.1) is 0 Å². The van der Waals surface area contributed by atoms with Gasteiger partial charge < -0.3 is 10.6 Å². The molecular formula is C12H20N2O. The summed E-state index contributed by atoms with van der Waals surface area (Å²) in [6.07, 6.45) is 6.91. The minimum absolute atomic E-state index is 0.167. The van der Waals surface area contributed by atoms with Gasteiger partial charge in [0.15, 0.2) is 0 Å². The Kier molecular flexibility index (Phi) is 3.10. The Bertz CT molecular complexity index is 275. The molecule has 2 fully saturated rings. The first kappa shape index (κ1) is 10.7. The highest BCUT2D eigenvalue weighted by molar-refractivity contribution is 5.87. The number of nitrogens with zero attached hydrogens (tertiary/aromatic N) is 1. The largest absolute Gasteiger partial charge is 0.339 e. The minimum atomic E-state index is 0.167. The van der Waals surface area contributed by atoms with E-state index in [0.29, 0.717) is 17.9 Å². The quantitative estimate of drug-likeness (QED) is 0.657. The molecule has 3 atom stereocenters. The first-order valence-electron chi connectivity index (χ1n) is 5.88. The molecule has 0 aromatic carbocycles. The van der Waals surface area contributed by atoms with Crippen LogP contribution in [0.5, 0.6) is 0 Å². The molecule has 1 saturated carbocycles. The lowest BCUT2D eigenvalue weighted by molar-refractivity contribution is -0.125. The number of carbonyl (C=O) groups excluding carboxylic acids is 1. The molecule has 1 heterocycles. The normalized spacial score (nSPS) is 35.9. The number of rotatable bonds is 1. The number of fused-ring (bicyclic) bond motifs is 1. The fourth-order valence-electron chi connectivity index (χ4n) is 2.90. The summed E-state index contributed by atoms with van der Waals surface area (Å²) in [6, 6.07) is 0.364. The predicted octanol–water partition coefficient (Wildman–Crippen LogP) is 1.15. The molecule has 0 radical (unpaired) electrons. The summed E-state index contributed by atoms with van der Waals surface area (Å²) in [6.45, 7) is 3.75. The van der Waals surface area contributed by atoms with E-state index in [9.17, 15) is 4.79 Å². The lowest BCUT2D eigenvalue weighted by Crippen LogP contribution is -2.32. The monoisotopic (exact) mass is 208 g/mol. The van der Waals surface area contributed by atoms with Crippen LogP contribution in [-0.4, -0.2) is 29.9 Å². The first-order valence-corrected chi connectivity index (χ1v) is 5.88. The highest BCUT2D eigenvalue weighted by Gasteiger charge is 2.37. The SMILES string of the molecule is CC=CC(=O)N1C[C@H]2CCC(N)C[C@H]2C1. The number of amides is 1. The standard InChI is InChI=1S/C12H20N2O/c1-2-3-12(15)14-7-9-4-5-11(13)6-10(9)8-14/h2-3,9-11H,4-8,13H2,1H3/t9-,10+,11?/m1/s1. The summed E-state index contributed by atoms with van der Waals surface area (Å²) in [5.74, 6) is 1.53. The number of carbonyl (C=O) groups is 1. The molecule has 84 valence electrons. The Hall–Kier alpha value is -0.830. The zero-order valence-corrected chi connectivity index (χ0v) is 9.36. The molecule has 1 unspecified atom stereocenters. The molecule has 3 nitrogen and oxygen atoms in total. The van der Waals surface area contributed by atoms with E-state index < -0.39 is 0 Å². The summed E-state index contributed by atoms with van der Waals surface area (Å²) in [4.78, 5) is 13.7. The number of hydrogen-bond acceptors (Lipinski definition) is 2. The van der Waals surface area contributed by atoms with Crippen LogP contribution in [0.1, 0.15) is 26.2 Å². The van der Waals surface area contributed by atoms with Gasteiger partial charge >= 0.3 is 0 Å². The zero-order chi connectivity index (χ0) is 10.8. The second-order valence-corrected chi connectivity index (χ2v) is 4.84. The average molecular weight is 208 g/mol. The van der Waals surface area contributed by atoms with Crippen molar-refractivity contribution in [3.63, 3.8) is 0 Å². The van der Waals surface area contributed by atoms with Crippen molar-refractivity contribution in [3.05, 3.63) is 12.2 Å². The van der Waals surface area contributed by atoms with Crippen molar-refractivity contribution in [2.45, 2.75) is 32.2 Å². The second-order valence-electron chi connectivity index (χ2n) is 4.84. The average Bonchev–Trinajstić information content (AvgIpc) is 2.60. The number of hydrogen-bond donors (Lipinski definition) is 1. The van der Waals surface area contributed by atoms with E-state index in [1.807, 2.05) is 17.9 Å². The maximum Gasteiger partial charge on any atom is 0.246 e. The fraction of sp³-hybridized carbons (Fsp3) is 0.750. The Morgan fingerprint density at radius 1 is 1.33 bits per heavy atom. The number of likely N-dealkylation sites (tertiary alicyclic amines) is 1. The van der Waals surface area contributed by atoms with E-state index in [1.54, 1.807) is 6.08 Å². The van der Waals surface area contributed by atoms with Crippen LogP contribution in [0.25, 0.3) is 0 Å². The summed E-state index contributed by atoms with van der Waals surface area (Å²) >= 11 is 0. The van der Waals surface area contributed by atoms with Gasteiger partial charge in [-0.25, -0.2) is 0 Å². The van der Waals surface area contributed by atoms with Gasteiger partial charge in [-0.3, -0.25) is 4.79 Å². The maximum absolute atomic E-state index is 11.7. The van der Waals surface area contributed by atoms with E-state index in [4.69, 9.17) is 5.73 Å². The smallest absolute Gasteiger partial charge is 0.246 e. The third kappa shape index (κ3) is 2.23. The topological polar surface area (TPSA) is 46.3 Å². The molecule has 1 saturated heterocycles. The molecule has 1 aliphatic carbocycles. The van der Waals surface area contributed by atoms with Crippen LogP contribution in [-0.2, 0) is 4.79 Å². The van der Waals surface area contributed by atoms with Gasteiger partial charge in [0, 0.05) is 19.1 Å². The van der Waals surface area contributed by atoms with Crippen LogP contribution < -0.4 is 5.73 Å². The van der Waals surface area contributed by atoms with Crippen molar-refractivity contribution in [1.82, 2.24) is 4.90 Å². The van der Waals surface area contributed by atoms with Gasteiger partial charge in [0.25, 0.3) is 0 Å². The third-order valence-corrected chi connectivity index (χ3v) is 3.71. The van der Waals surface area contributed by atoms with Gasteiger partial charge in [0.05, 0.1) is 0 Å². The van der Waals surface area contributed by atoms with Gasteiger partial charge in [0.1, 0.15) is 0 Å². The molecular weight excluding hydrogens is 188 g/mol. The molecule has 2 aliphatic rings. The summed E-state index contributed by atoms with van der Waals surface area (Å²) in [5, 5.41) is 0. The van der Waals surface area contributed by atoms with Crippen LogP contribution in [0.2, 0.25) is 0 Å². The van der Waals surface area contributed by atoms with E-state index in [2.05, 4.69) is 0 Å². The second kappa shape index (κ2) is 4.35. The Morgan fingerprint density at radius 3 is 2.80 bits per heavy atom. The molecule has 2 rings (SSSR count). The number of nitrogens with two attached hydrogens (primary N) is 1. The van der Waals surface area contributed by atoms with Crippen molar-refractivity contribution < 1.29 is 4.79 Å². The third-order valence-electron chi connectivity index (χ3n) is 3.71. The molecule has 3 heteroatoms. The van der Waals surface area contributed by atoms with Gasteiger partial charge in [-0.2, -0.15) is 0 Å². The summed E-state index contributed by atoms with van der Waals surface area (Å²) in [7, 11) is 0. The molecule has 1 amide bonds. The molecule has 2 N–H and O–H groups in total. The van der Waals surface area contributed by atoms with E-state index in [0.717, 1.165) is 25.9 Å². The lowest BCUT2D eigenvalue weighted by atomic mass is 9.79. The Balaban J connectivity index is 1.96. The Morgan fingerprint density at radius 2 is 2.07 bits per heavy atom. The van der Waals surface area contributed by atoms with Crippen LogP contribution in [0.15, 0.2) is 12.2 Å². The van der Waals surface area contributed by atoms with Crippen molar-refractivity contribution >= 4 is 5.91 Å². The minimum Gasteiger partial charge on any atom is -0.339 e. The van der Waals surface area contributed by atoms with Gasteiger partial charge in [-0.05, 0) is 44.1 Å². The number of allylic oxidation sites excluding steroid dienone is 1. The van der Waals surface area contributed by atoms with E-state index in [-0.39, 0.29) is 5.91 Å². The van der Waals surface area contributed by atoms with Crippen molar-refractivity contribution in [2.24, 2.45) is 17.6 Å². The van der Waals surface area contributed by atoms with Crippen LogP contribution in [0, 0.1) is 11.8 Å². The molecule has 0 aromatic rings. The molecule has 0 spiro atoms. The molecule has 0 bridgehead atoms. The fourth-order valence-corrected chi connectivity index (χ4v) is 2.90. The lowest BCUT2D eigenvalue weighted by Gasteiger charge is -2.27. The molecule has 1 aliphatic heterocycles. The van der Waals surface area contributed by atoms with E-state index in [1.165, 1.54) is 6.42 Å². The van der Waals surface area contributed by atoms with Crippen molar-refractivity contribution in [2.75, 3.05) is 13.1 Å². The highest BCUT2D eigenvalue weighted by atomic mass is 16.2. The van der Waals surface area contributed by atoms with Crippen LogP contribution >= 0.6 is 0 Å². The summed E-state index contributed by atoms with van der Waals surface area (Å²) < 4.78 is 0. The predicted molar refractivity (Wildman–Crippen MR) is 60.2 cm³/mol. The van der Waals surface area contributed by atoms with Crippen molar-refractivity contribution in [3.8, 4) is 0 Å². The van der Waals surface area contributed by atoms with E-state index >= 15 is 0 Å². The maximum atomic E-state index is 11.7. The summed E-state index contributed by atoms with van der Waals surface area (Å²) in [5.41, 5.74) is 5.95.